The molecule has 0 saturated carbocycles. The molecule has 0 saturated heterocycles. The zero-order valence-electron chi connectivity index (χ0n) is 23.4. The molecule has 218 valence electrons. The fraction of sp³-hybridized carbons (Fsp3) is 0.323. The highest BCUT2D eigenvalue weighted by Crippen LogP contribution is 2.26. The number of carboxylic acids is 2. The number of halogens is 3. The lowest BCUT2D eigenvalue weighted by Gasteiger charge is -2.26. The predicted octanol–water partition coefficient (Wildman–Crippen LogP) is 7.34. The molecule has 0 aliphatic rings. The van der Waals surface area contributed by atoms with E-state index in [2.05, 4.69) is 79.0 Å². The Kier molecular flexibility index (Phi) is 10.3. The number of benzene rings is 3. The number of alkyl halides is 3. The number of nitrogens with zero attached hydrogens (tertiary/aromatic N) is 2. The summed E-state index contributed by atoms with van der Waals surface area (Å²) in [4.78, 5) is 30.5. The van der Waals surface area contributed by atoms with Crippen molar-refractivity contribution < 1.29 is 33.0 Å². The number of rotatable bonds is 9. The van der Waals surface area contributed by atoms with E-state index in [9.17, 15) is 23.1 Å². The Labute approximate surface area is 236 Å². The van der Waals surface area contributed by atoms with Gasteiger partial charge in [0.15, 0.2) is 0 Å². The van der Waals surface area contributed by atoms with Crippen LogP contribution in [0.5, 0.6) is 0 Å². The van der Waals surface area contributed by atoms with E-state index in [-0.39, 0.29) is 5.56 Å². The van der Waals surface area contributed by atoms with Crippen LogP contribution in [0.2, 0.25) is 0 Å². The number of aliphatic carboxylic acids is 1. The van der Waals surface area contributed by atoms with Gasteiger partial charge in [0.25, 0.3) is 0 Å². The largest absolute Gasteiger partial charge is 0.490 e. The lowest BCUT2D eigenvalue weighted by atomic mass is 10.0. The number of hydrogen-bond donors (Lipinski definition) is 3. The first kappa shape index (κ1) is 31.3. The monoisotopic (exact) mass is 569 g/mol. The second-order valence-electron chi connectivity index (χ2n) is 10.7. The quantitative estimate of drug-likeness (QED) is 0.195. The summed E-state index contributed by atoms with van der Waals surface area (Å²) in [5.74, 6) is -1.66. The van der Waals surface area contributed by atoms with Gasteiger partial charge < -0.3 is 15.2 Å². The minimum atomic E-state index is -5.08. The standard InChI is InChI=1S/C29H33N3O2.C2HF3O2/c1-19(2)16-32(17-20(3)4)18-21-5-7-22(8-6-21)23-9-11-24(12-10-23)28-30-26-14-13-25(29(33)34)15-27(26)31-28;3-2(4,5)1(6)7/h5-15,19-20H,16-18H2,1-4H3,(H,30,31)(H,33,34);(H,6,7). The average Bonchev–Trinajstić information content (AvgIpc) is 3.32. The number of carbonyl (C=O) groups is 2. The molecular formula is C31H34F3N3O4. The van der Waals surface area contributed by atoms with Gasteiger partial charge in [-0.1, -0.05) is 76.2 Å². The maximum atomic E-state index is 11.2. The van der Waals surface area contributed by atoms with Gasteiger partial charge in [0.05, 0.1) is 16.6 Å². The number of nitrogens with one attached hydrogen (secondary N) is 1. The fourth-order valence-corrected chi connectivity index (χ4v) is 4.40. The Morgan fingerprint density at radius 3 is 1.78 bits per heavy atom. The number of H-pyrrole nitrogens is 1. The summed E-state index contributed by atoms with van der Waals surface area (Å²) in [5.41, 5.74) is 6.36. The van der Waals surface area contributed by atoms with Crippen molar-refractivity contribution in [2.45, 2.75) is 40.4 Å². The van der Waals surface area contributed by atoms with Crippen molar-refractivity contribution in [1.82, 2.24) is 14.9 Å². The number of carboxylic acid groups (broad SMARTS) is 2. The third kappa shape index (κ3) is 9.18. The van der Waals surface area contributed by atoms with E-state index in [4.69, 9.17) is 9.90 Å². The number of aromatic nitrogens is 2. The van der Waals surface area contributed by atoms with Crippen LogP contribution in [-0.2, 0) is 11.3 Å². The summed E-state index contributed by atoms with van der Waals surface area (Å²) in [6, 6.07) is 22.1. The summed E-state index contributed by atoms with van der Waals surface area (Å²) in [7, 11) is 0. The number of fused-ring (bicyclic) bond motifs is 1. The third-order valence-electron chi connectivity index (χ3n) is 6.07. The van der Waals surface area contributed by atoms with Gasteiger partial charge in [-0.2, -0.15) is 13.2 Å². The third-order valence-corrected chi connectivity index (χ3v) is 6.07. The van der Waals surface area contributed by atoms with E-state index in [1.54, 1.807) is 18.2 Å². The fourth-order valence-electron chi connectivity index (χ4n) is 4.40. The zero-order valence-corrected chi connectivity index (χ0v) is 23.4. The first-order chi connectivity index (χ1) is 19.2. The van der Waals surface area contributed by atoms with E-state index in [0.717, 1.165) is 47.6 Å². The maximum Gasteiger partial charge on any atom is 0.490 e. The van der Waals surface area contributed by atoms with Crippen LogP contribution in [0.15, 0.2) is 66.7 Å². The first-order valence-electron chi connectivity index (χ1n) is 13.2. The number of aromatic amines is 1. The van der Waals surface area contributed by atoms with Crippen LogP contribution in [0, 0.1) is 11.8 Å². The molecule has 7 nitrogen and oxygen atoms in total. The Hall–Kier alpha value is -4.18. The molecule has 0 atom stereocenters. The molecule has 0 bridgehead atoms. The smallest absolute Gasteiger partial charge is 0.478 e. The van der Waals surface area contributed by atoms with Gasteiger partial charge in [0.1, 0.15) is 5.82 Å². The summed E-state index contributed by atoms with van der Waals surface area (Å²) in [5, 5.41) is 16.3. The van der Waals surface area contributed by atoms with Crippen molar-refractivity contribution in [3.8, 4) is 22.5 Å². The normalized spacial score (nSPS) is 11.7. The number of imidazole rings is 1. The van der Waals surface area contributed by atoms with Crippen LogP contribution in [0.1, 0.15) is 43.6 Å². The molecule has 0 radical (unpaired) electrons. The topological polar surface area (TPSA) is 107 Å². The Morgan fingerprint density at radius 2 is 1.32 bits per heavy atom. The molecule has 0 spiro atoms. The van der Waals surface area contributed by atoms with E-state index in [1.165, 1.54) is 11.1 Å². The summed E-state index contributed by atoms with van der Waals surface area (Å²) >= 11 is 0. The van der Waals surface area contributed by atoms with Crippen molar-refractivity contribution in [1.29, 1.82) is 0 Å². The second kappa shape index (κ2) is 13.5. The van der Waals surface area contributed by atoms with Crippen molar-refractivity contribution >= 4 is 23.0 Å². The highest BCUT2D eigenvalue weighted by Gasteiger charge is 2.38. The van der Waals surface area contributed by atoms with Crippen molar-refractivity contribution in [3.05, 3.63) is 77.9 Å². The van der Waals surface area contributed by atoms with Crippen molar-refractivity contribution in [3.63, 3.8) is 0 Å². The van der Waals surface area contributed by atoms with Crippen molar-refractivity contribution in [2.75, 3.05) is 13.1 Å². The van der Waals surface area contributed by atoms with Crippen molar-refractivity contribution in [2.24, 2.45) is 11.8 Å². The molecule has 10 heteroatoms. The highest BCUT2D eigenvalue weighted by atomic mass is 19.4. The molecule has 0 unspecified atom stereocenters. The van der Waals surface area contributed by atoms with Gasteiger partial charge in [-0.15, -0.1) is 0 Å². The van der Waals surface area contributed by atoms with Gasteiger partial charge in [-0.05, 0) is 46.7 Å². The van der Waals surface area contributed by atoms with Gasteiger partial charge in [0, 0.05) is 25.2 Å². The van der Waals surface area contributed by atoms with Crippen LogP contribution >= 0.6 is 0 Å². The lowest BCUT2D eigenvalue weighted by molar-refractivity contribution is -0.192. The first-order valence-corrected chi connectivity index (χ1v) is 13.2. The number of hydrogen-bond acceptors (Lipinski definition) is 4. The van der Waals surface area contributed by atoms with Gasteiger partial charge in [-0.25, -0.2) is 14.6 Å². The number of aromatic carboxylic acids is 1. The zero-order chi connectivity index (χ0) is 30.3. The molecule has 3 aromatic carbocycles. The Bertz CT molecular complexity index is 1450. The molecule has 0 fully saturated rings. The second-order valence-corrected chi connectivity index (χ2v) is 10.7. The van der Waals surface area contributed by atoms with Crippen LogP contribution < -0.4 is 0 Å². The molecule has 4 aromatic rings. The molecule has 0 aliphatic carbocycles. The summed E-state index contributed by atoms with van der Waals surface area (Å²) in [6.45, 7) is 12.3. The highest BCUT2D eigenvalue weighted by molar-refractivity contribution is 5.93. The maximum absolute atomic E-state index is 11.2. The molecule has 1 heterocycles. The predicted molar refractivity (Wildman–Crippen MR) is 153 cm³/mol. The van der Waals surface area contributed by atoms with Crippen LogP contribution in [0.4, 0.5) is 13.2 Å². The molecule has 41 heavy (non-hydrogen) atoms. The molecule has 0 amide bonds. The Balaban J connectivity index is 0.000000587. The van der Waals surface area contributed by atoms with Crippen LogP contribution in [0.3, 0.4) is 0 Å². The van der Waals surface area contributed by atoms with Crippen LogP contribution in [0.25, 0.3) is 33.5 Å². The summed E-state index contributed by atoms with van der Waals surface area (Å²) < 4.78 is 31.7. The summed E-state index contributed by atoms with van der Waals surface area (Å²) in [6.07, 6.45) is -5.08. The van der Waals surface area contributed by atoms with Gasteiger partial charge in [0.2, 0.25) is 0 Å². The average molecular weight is 570 g/mol. The molecule has 0 aliphatic heterocycles. The van der Waals surface area contributed by atoms with Gasteiger partial charge in [-0.3, -0.25) is 4.90 Å². The molecular weight excluding hydrogens is 535 g/mol. The minimum absolute atomic E-state index is 0.248. The molecule has 4 rings (SSSR count). The SMILES string of the molecule is CC(C)CN(Cc1ccc(-c2ccc(-c3nc4ccc(C(=O)O)cc4[nH]3)cc2)cc1)CC(C)C.O=C(O)C(F)(F)F. The van der Waals surface area contributed by atoms with E-state index in [0.29, 0.717) is 11.8 Å². The Morgan fingerprint density at radius 1 is 0.829 bits per heavy atom. The van der Waals surface area contributed by atoms with Gasteiger partial charge >= 0.3 is 18.1 Å². The molecule has 3 N–H and O–H groups in total. The minimum Gasteiger partial charge on any atom is -0.478 e. The van der Waals surface area contributed by atoms with E-state index in [1.807, 2.05) is 12.1 Å². The van der Waals surface area contributed by atoms with Crippen LogP contribution in [-0.4, -0.2) is 56.3 Å². The van der Waals surface area contributed by atoms with E-state index < -0.39 is 18.1 Å². The lowest BCUT2D eigenvalue weighted by Crippen LogP contribution is -2.30. The molecule has 1 aromatic heterocycles. The van der Waals surface area contributed by atoms with E-state index >= 15 is 0 Å².